The summed E-state index contributed by atoms with van der Waals surface area (Å²) in [5.74, 6) is 1.28. The van der Waals surface area contributed by atoms with Gasteiger partial charge in [-0.15, -0.1) is 0 Å². The summed E-state index contributed by atoms with van der Waals surface area (Å²) in [6, 6.07) is 17.5. The van der Waals surface area contributed by atoms with Gasteiger partial charge in [-0.2, -0.15) is 0 Å². The van der Waals surface area contributed by atoms with E-state index in [0.717, 1.165) is 59.9 Å². The number of hydrogen-bond donors (Lipinski definition) is 2. The molecule has 38 heavy (non-hydrogen) atoms. The van der Waals surface area contributed by atoms with E-state index < -0.39 is 7.94 Å². The van der Waals surface area contributed by atoms with Crippen LogP contribution in [0.5, 0.6) is 11.5 Å². The summed E-state index contributed by atoms with van der Waals surface area (Å²) < 4.78 is 18.4. The molecule has 1 heterocycles. The minimum absolute atomic E-state index is 0.0159. The number of rotatable bonds is 7. The summed E-state index contributed by atoms with van der Waals surface area (Å²) in [6.45, 7) is 8.78. The summed E-state index contributed by atoms with van der Waals surface area (Å²) in [6.07, 6.45) is 4.14. The third-order valence-electron chi connectivity index (χ3n) is 7.17. The fraction of sp³-hybridized carbons (Fsp3) is 0.419. The van der Waals surface area contributed by atoms with E-state index >= 15 is 0 Å². The topological polar surface area (TPSA) is 68.2 Å². The second-order valence-corrected chi connectivity index (χ2v) is 13.3. The van der Waals surface area contributed by atoms with Gasteiger partial charge in [-0.05, 0) is 0 Å². The van der Waals surface area contributed by atoms with Gasteiger partial charge >= 0.3 is 233 Å². The van der Waals surface area contributed by atoms with E-state index in [0.29, 0.717) is 23.1 Å². The second-order valence-electron chi connectivity index (χ2n) is 10.6. The molecule has 1 aliphatic heterocycles. The van der Waals surface area contributed by atoms with Gasteiger partial charge < -0.3 is 0 Å². The van der Waals surface area contributed by atoms with Crippen LogP contribution in [0.3, 0.4) is 0 Å². The number of ether oxygens (including phenoxy) is 1. The molecule has 0 bridgehead atoms. The van der Waals surface area contributed by atoms with Crippen LogP contribution in [0.25, 0.3) is 0 Å². The monoisotopic (exact) mass is 558 g/mol. The molecule has 1 aliphatic rings. The number of halogens is 1. The van der Waals surface area contributed by atoms with Crippen molar-refractivity contribution in [3.63, 3.8) is 0 Å². The first-order valence-corrected chi connectivity index (χ1v) is 15.8. The van der Waals surface area contributed by atoms with E-state index in [4.69, 9.17) is 25.4 Å². The van der Waals surface area contributed by atoms with Gasteiger partial charge in [0.1, 0.15) is 0 Å². The van der Waals surface area contributed by atoms with Crippen LogP contribution in [-0.2, 0) is 15.5 Å². The quantitative estimate of drug-likeness (QED) is 0.284. The Hall–Kier alpha value is -2.14. The van der Waals surface area contributed by atoms with Gasteiger partial charge in [0.2, 0.25) is 0 Å². The predicted molar refractivity (Wildman–Crippen MR) is 157 cm³/mol. The molecule has 0 aromatic heterocycles. The molecule has 1 unspecified atom stereocenters. The van der Waals surface area contributed by atoms with Gasteiger partial charge in [0.25, 0.3) is 0 Å². The van der Waals surface area contributed by atoms with Gasteiger partial charge in [0, 0.05) is 0 Å². The minimum atomic E-state index is -3.62. The van der Waals surface area contributed by atoms with Crippen molar-refractivity contribution < 1.29 is 23.8 Å². The third kappa shape index (κ3) is 7.49. The van der Waals surface area contributed by atoms with Crippen LogP contribution >= 0.6 is 19.5 Å². The van der Waals surface area contributed by atoms with Gasteiger partial charge in [-0.1, -0.05) is 0 Å². The standard InChI is InChI=1S/C31H40ClO5P/c1-21(2)28-17-24(12-13-30(28)33)18-29-22(3)15-27(16-23(29)4)35-20-38(34)36-14-7-5-6-11-31(37-38)25-9-8-10-26(32)19-25/h8-10,12-13,15-17,19,21,31,33-34,38H,5-7,11,14,18,20H2,1-4H3. The van der Waals surface area contributed by atoms with Gasteiger partial charge in [0.05, 0.1) is 0 Å². The fourth-order valence-electron chi connectivity index (χ4n) is 5.04. The van der Waals surface area contributed by atoms with Crippen LogP contribution in [-0.4, -0.2) is 23.0 Å². The van der Waals surface area contributed by atoms with E-state index in [1.54, 1.807) is 6.07 Å². The summed E-state index contributed by atoms with van der Waals surface area (Å²) in [5.41, 5.74) is 6.51. The number of phenolic OH excluding ortho intramolecular Hbond substituents is 1. The van der Waals surface area contributed by atoms with E-state index in [2.05, 4.69) is 33.8 Å². The van der Waals surface area contributed by atoms with Crippen LogP contribution in [0.15, 0.2) is 54.6 Å². The average molecular weight is 559 g/mol. The molecule has 0 aliphatic carbocycles. The first-order valence-electron chi connectivity index (χ1n) is 13.5. The predicted octanol–water partition coefficient (Wildman–Crippen LogP) is 8.55. The van der Waals surface area contributed by atoms with E-state index in [-0.39, 0.29) is 18.4 Å². The Morgan fingerprint density at radius 3 is 2.50 bits per heavy atom. The molecule has 3 aromatic carbocycles. The van der Waals surface area contributed by atoms with Crippen LogP contribution in [0, 0.1) is 13.8 Å². The summed E-state index contributed by atoms with van der Waals surface area (Å²) >= 11 is 6.23. The first kappa shape index (κ1) is 28.9. The van der Waals surface area contributed by atoms with E-state index in [1.165, 1.54) is 5.56 Å². The SMILES string of the molecule is Cc1cc(OC[PH]2(O)OCCCCCC(c3cccc(Cl)c3)O2)cc(C)c1Cc1ccc(O)c(C(C)C)c1. The number of phenols is 1. The van der Waals surface area contributed by atoms with Crippen LogP contribution < -0.4 is 4.74 Å². The van der Waals surface area contributed by atoms with Crippen LogP contribution in [0.4, 0.5) is 0 Å². The van der Waals surface area contributed by atoms with Crippen molar-refractivity contribution in [2.75, 3.05) is 13.0 Å². The van der Waals surface area contributed by atoms with Gasteiger partial charge in [-0.25, -0.2) is 0 Å². The zero-order valence-electron chi connectivity index (χ0n) is 22.8. The zero-order chi connectivity index (χ0) is 27.3. The van der Waals surface area contributed by atoms with E-state index in [1.807, 2.05) is 42.5 Å². The number of benzene rings is 3. The Morgan fingerprint density at radius 1 is 1.03 bits per heavy atom. The Labute approximate surface area is 232 Å². The fourth-order valence-corrected chi connectivity index (χ4v) is 6.97. The zero-order valence-corrected chi connectivity index (χ0v) is 24.6. The maximum atomic E-state index is 11.5. The molecule has 1 saturated heterocycles. The van der Waals surface area contributed by atoms with Crippen molar-refractivity contribution in [1.82, 2.24) is 0 Å². The molecule has 0 saturated carbocycles. The van der Waals surface area contributed by atoms with E-state index in [9.17, 15) is 10.00 Å². The van der Waals surface area contributed by atoms with Gasteiger partial charge in [-0.3, -0.25) is 0 Å². The van der Waals surface area contributed by atoms with Crippen LogP contribution in [0.2, 0.25) is 5.02 Å². The Morgan fingerprint density at radius 2 is 1.79 bits per heavy atom. The summed E-state index contributed by atoms with van der Waals surface area (Å²) in [4.78, 5) is 11.5. The van der Waals surface area contributed by atoms with Crippen molar-refractivity contribution in [2.24, 2.45) is 0 Å². The second kappa shape index (κ2) is 12.8. The molecule has 206 valence electrons. The first-order chi connectivity index (χ1) is 18.1. The Kier molecular flexibility index (Phi) is 9.73. The summed E-state index contributed by atoms with van der Waals surface area (Å²) in [7, 11) is -3.62. The summed E-state index contributed by atoms with van der Waals surface area (Å²) in [5, 5.41) is 10.8. The Balaban J connectivity index is 1.49. The third-order valence-corrected chi connectivity index (χ3v) is 9.22. The molecule has 0 radical (unpaired) electrons. The Bertz CT molecular complexity index is 1220. The molecule has 1 fully saturated rings. The molecule has 0 amide bonds. The average Bonchev–Trinajstić information content (AvgIpc) is 2.96. The van der Waals surface area contributed by atoms with Crippen molar-refractivity contribution in [3.8, 4) is 11.5 Å². The molecule has 5 nitrogen and oxygen atoms in total. The molecule has 2 N–H and O–H groups in total. The van der Waals surface area contributed by atoms with Crippen molar-refractivity contribution in [1.29, 1.82) is 0 Å². The maximum absolute atomic E-state index is 11.5. The van der Waals surface area contributed by atoms with Crippen molar-refractivity contribution >= 4 is 19.5 Å². The molecule has 1 atom stereocenters. The normalized spacial score (nSPS) is 18.9. The van der Waals surface area contributed by atoms with Crippen molar-refractivity contribution in [2.45, 2.75) is 71.8 Å². The number of aryl methyl sites for hydroxylation is 2. The van der Waals surface area contributed by atoms with Gasteiger partial charge in [0.15, 0.2) is 0 Å². The van der Waals surface area contributed by atoms with Crippen LogP contribution in [0.1, 0.15) is 84.9 Å². The molecular formula is C31H40ClO5P. The molecule has 0 spiro atoms. The molecule has 3 aromatic rings. The molecular weight excluding hydrogens is 519 g/mol. The number of aromatic hydroxyl groups is 1. The number of hydrogen-bond acceptors (Lipinski definition) is 5. The van der Waals surface area contributed by atoms with Crippen molar-refractivity contribution in [3.05, 3.63) is 93.0 Å². The molecule has 4 rings (SSSR count). The molecule has 7 heteroatoms.